The number of amides is 1. The number of para-hydroxylation sites is 4. The average Bonchev–Trinajstić information content (AvgIpc) is 2.81. The molecule has 1 aliphatic heterocycles. The van der Waals surface area contributed by atoms with Crippen LogP contribution in [0.4, 0.5) is 11.4 Å². The number of sulfonamides is 1. The first-order valence-corrected chi connectivity index (χ1v) is 9.92. The van der Waals surface area contributed by atoms with Crippen LogP contribution in [0, 0.1) is 0 Å². The number of hydrogen-bond acceptors (Lipinski definition) is 5. The highest BCUT2D eigenvalue weighted by Crippen LogP contribution is 2.34. The van der Waals surface area contributed by atoms with Gasteiger partial charge in [-0.15, -0.1) is 0 Å². The molecule has 26 heavy (non-hydrogen) atoms. The van der Waals surface area contributed by atoms with E-state index >= 15 is 0 Å². The Morgan fingerprint density at radius 1 is 1.19 bits per heavy atom. The largest absolute Gasteiger partial charge is 0.495 e. The molecule has 8 heteroatoms. The molecular formula is C18H20N2O5S. The zero-order chi connectivity index (χ0) is 18.7. The summed E-state index contributed by atoms with van der Waals surface area (Å²) in [5, 5.41) is 2.79. The van der Waals surface area contributed by atoms with Crippen molar-refractivity contribution in [2.45, 2.75) is 12.5 Å². The van der Waals surface area contributed by atoms with E-state index in [1.165, 1.54) is 11.4 Å². The van der Waals surface area contributed by atoms with Crippen molar-refractivity contribution in [1.29, 1.82) is 0 Å². The van der Waals surface area contributed by atoms with E-state index in [2.05, 4.69) is 5.32 Å². The van der Waals surface area contributed by atoms with Crippen molar-refractivity contribution in [1.82, 2.24) is 0 Å². The minimum Gasteiger partial charge on any atom is -0.495 e. The molecule has 0 spiro atoms. The number of carbonyl (C=O) groups excluding carboxylic acids is 1. The number of nitrogens with zero attached hydrogens (tertiary/aromatic N) is 1. The summed E-state index contributed by atoms with van der Waals surface area (Å²) in [6.07, 6.45) is 0.537. The molecule has 0 saturated carbocycles. The predicted molar refractivity (Wildman–Crippen MR) is 99.3 cm³/mol. The zero-order valence-corrected chi connectivity index (χ0v) is 15.3. The molecule has 1 amide bonds. The molecule has 138 valence electrons. The van der Waals surface area contributed by atoms with Gasteiger partial charge < -0.3 is 14.8 Å². The van der Waals surface area contributed by atoms with Gasteiger partial charge in [0.05, 0.1) is 24.7 Å². The molecule has 0 aliphatic carbocycles. The predicted octanol–water partition coefficient (Wildman–Crippen LogP) is 2.25. The molecule has 3 rings (SSSR count). The molecule has 0 saturated heterocycles. The number of carbonyl (C=O) groups is 1. The standard InChI is InChI=1S/C18H20N2O5S/c1-24-15-9-5-3-7-13(15)19-18(21)17-11-12-20(26(2,22)23)14-8-4-6-10-16(14)25-17/h3-10,17H,11-12H2,1-2H3,(H,19,21). The normalized spacial score (nSPS) is 16.8. The minimum absolute atomic E-state index is 0.153. The van der Waals surface area contributed by atoms with Gasteiger partial charge in [-0.1, -0.05) is 24.3 Å². The molecule has 0 fully saturated rings. The van der Waals surface area contributed by atoms with Crippen LogP contribution in [-0.2, 0) is 14.8 Å². The number of nitrogens with one attached hydrogen (secondary N) is 1. The van der Waals surface area contributed by atoms with Crippen LogP contribution in [0.3, 0.4) is 0 Å². The first kappa shape index (κ1) is 18.1. The van der Waals surface area contributed by atoms with Crippen LogP contribution in [0.2, 0.25) is 0 Å². The van der Waals surface area contributed by atoms with Crippen molar-refractivity contribution < 1.29 is 22.7 Å². The van der Waals surface area contributed by atoms with Gasteiger partial charge in [0, 0.05) is 13.0 Å². The molecule has 1 atom stereocenters. The zero-order valence-electron chi connectivity index (χ0n) is 14.5. The van der Waals surface area contributed by atoms with Crippen molar-refractivity contribution in [3.05, 3.63) is 48.5 Å². The first-order valence-electron chi connectivity index (χ1n) is 8.07. The van der Waals surface area contributed by atoms with Gasteiger partial charge >= 0.3 is 0 Å². The molecule has 1 unspecified atom stereocenters. The van der Waals surface area contributed by atoms with Gasteiger partial charge in [-0.05, 0) is 24.3 Å². The fourth-order valence-corrected chi connectivity index (χ4v) is 3.77. The summed E-state index contributed by atoms with van der Waals surface area (Å²) in [5.41, 5.74) is 0.962. The van der Waals surface area contributed by atoms with Crippen molar-refractivity contribution in [3.8, 4) is 11.5 Å². The van der Waals surface area contributed by atoms with Crippen LogP contribution >= 0.6 is 0 Å². The lowest BCUT2D eigenvalue weighted by Crippen LogP contribution is -2.36. The lowest BCUT2D eigenvalue weighted by molar-refractivity contribution is -0.122. The second-order valence-corrected chi connectivity index (χ2v) is 7.79. The topological polar surface area (TPSA) is 84.9 Å². The summed E-state index contributed by atoms with van der Waals surface area (Å²) in [7, 11) is -1.96. The SMILES string of the molecule is COc1ccccc1NC(=O)C1CCN(S(C)(=O)=O)c2ccccc2O1. The van der Waals surface area contributed by atoms with Gasteiger partial charge in [-0.2, -0.15) is 0 Å². The molecule has 1 heterocycles. The van der Waals surface area contributed by atoms with Crippen molar-refractivity contribution >= 4 is 27.3 Å². The second-order valence-electron chi connectivity index (χ2n) is 5.89. The maximum Gasteiger partial charge on any atom is 0.265 e. The number of anilines is 2. The second kappa shape index (κ2) is 7.25. The number of rotatable bonds is 4. The van der Waals surface area contributed by atoms with Crippen LogP contribution in [0.1, 0.15) is 6.42 Å². The number of methoxy groups -OCH3 is 1. The Kier molecular flexibility index (Phi) is 5.03. The lowest BCUT2D eigenvalue weighted by Gasteiger charge is -2.20. The third-order valence-electron chi connectivity index (χ3n) is 4.06. The summed E-state index contributed by atoms with van der Waals surface area (Å²) < 4.78 is 36.5. The Morgan fingerprint density at radius 2 is 1.88 bits per heavy atom. The van der Waals surface area contributed by atoms with E-state index in [1.54, 1.807) is 48.5 Å². The van der Waals surface area contributed by atoms with Gasteiger partial charge in [-0.3, -0.25) is 9.10 Å². The monoisotopic (exact) mass is 376 g/mol. The van der Waals surface area contributed by atoms with Crippen LogP contribution < -0.4 is 19.1 Å². The van der Waals surface area contributed by atoms with E-state index in [0.29, 0.717) is 22.9 Å². The van der Waals surface area contributed by atoms with Gasteiger partial charge in [-0.25, -0.2) is 8.42 Å². The van der Waals surface area contributed by atoms with Crippen LogP contribution in [0.5, 0.6) is 11.5 Å². The molecule has 0 radical (unpaired) electrons. The molecule has 7 nitrogen and oxygen atoms in total. The van der Waals surface area contributed by atoms with Crippen LogP contribution in [0.25, 0.3) is 0 Å². The third-order valence-corrected chi connectivity index (χ3v) is 5.24. The van der Waals surface area contributed by atoms with Crippen molar-refractivity contribution in [2.75, 3.05) is 29.5 Å². The van der Waals surface area contributed by atoms with Gasteiger partial charge in [0.2, 0.25) is 10.0 Å². The number of hydrogen-bond donors (Lipinski definition) is 1. The Morgan fingerprint density at radius 3 is 2.62 bits per heavy atom. The maximum atomic E-state index is 12.7. The highest BCUT2D eigenvalue weighted by Gasteiger charge is 2.31. The maximum absolute atomic E-state index is 12.7. The smallest absolute Gasteiger partial charge is 0.265 e. The summed E-state index contributed by atoms with van der Waals surface area (Å²) in [6, 6.07) is 13.8. The summed E-state index contributed by atoms with van der Waals surface area (Å²) in [5.74, 6) is 0.530. The van der Waals surface area contributed by atoms with Crippen LogP contribution in [-0.4, -0.2) is 40.3 Å². The number of benzene rings is 2. The summed E-state index contributed by atoms with van der Waals surface area (Å²) in [6.45, 7) is 0.153. The van der Waals surface area contributed by atoms with Crippen molar-refractivity contribution in [2.24, 2.45) is 0 Å². The van der Waals surface area contributed by atoms with Gasteiger partial charge in [0.25, 0.3) is 5.91 Å². The van der Waals surface area contributed by atoms with Crippen molar-refractivity contribution in [3.63, 3.8) is 0 Å². The van der Waals surface area contributed by atoms with E-state index in [-0.39, 0.29) is 18.9 Å². The first-order chi connectivity index (χ1) is 12.4. The Bertz CT molecular complexity index is 913. The number of fused-ring (bicyclic) bond motifs is 1. The molecule has 0 aromatic heterocycles. The third kappa shape index (κ3) is 3.75. The van der Waals surface area contributed by atoms with Gasteiger partial charge in [0.1, 0.15) is 11.5 Å². The quantitative estimate of drug-likeness (QED) is 0.885. The number of ether oxygens (including phenoxy) is 2. The van der Waals surface area contributed by atoms with E-state index in [9.17, 15) is 13.2 Å². The molecule has 2 aromatic carbocycles. The average molecular weight is 376 g/mol. The Balaban J connectivity index is 1.86. The molecule has 1 aliphatic rings. The van der Waals surface area contributed by atoms with Crippen LogP contribution in [0.15, 0.2) is 48.5 Å². The Labute approximate surface area is 152 Å². The highest BCUT2D eigenvalue weighted by molar-refractivity contribution is 7.92. The highest BCUT2D eigenvalue weighted by atomic mass is 32.2. The van der Waals surface area contributed by atoms with E-state index in [4.69, 9.17) is 9.47 Å². The molecule has 1 N–H and O–H groups in total. The molecule has 0 bridgehead atoms. The van der Waals surface area contributed by atoms with E-state index in [1.807, 2.05) is 0 Å². The van der Waals surface area contributed by atoms with E-state index in [0.717, 1.165) is 6.26 Å². The summed E-state index contributed by atoms with van der Waals surface area (Å²) in [4.78, 5) is 12.7. The van der Waals surface area contributed by atoms with E-state index < -0.39 is 16.1 Å². The lowest BCUT2D eigenvalue weighted by atomic mass is 10.2. The molecular weight excluding hydrogens is 356 g/mol. The minimum atomic E-state index is -3.48. The fraction of sp³-hybridized carbons (Fsp3) is 0.278. The Hall–Kier alpha value is -2.74. The molecule has 2 aromatic rings. The fourth-order valence-electron chi connectivity index (χ4n) is 2.82. The van der Waals surface area contributed by atoms with Gasteiger partial charge in [0.15, 0.2) is 6.10 Å². The summed E-state index contributed by atoms with van der Waals surface area (Å²) >= 11 is 0.